The summed E-state index contributed by atoms with van der Waals surface area (Å²) in [6.07, 6.45) is 0. The summed E-state index contributed by atoms with van der Waals surface area (Å²) in [6, 6.07) is 15.8. The maximum atomic E-state index is 12.8. The minimum Gasteiger partial charge on any atom is -0.478 e. The molecule has 4 aromatic carbocycles. The van der Waals surface area contributed by atoms with Gasteiger partial charge in [-0.3, -0.25) is 0 Å². The van der Waals surface area contributed by atoms with E-state index >= 15 is 0 Å². The quantitative estimate of drug-likeness (QED) is 0.196. The molecule has 220 valence electrons. The molecule has 43 heavy (non-hydrogen) atoms. The fraction of sp³-hybridized carbons (Fsp3) is 0. The van der Waals surface area contributed by atoms with Crippen LogP contribution < -0.4 is 0 Å². The molecule has 4 N–H and O–H groups in total. The summed E-state index contributed by atoms with van der Waals surface area (Å²) >= 11 is 0. The summed E-state index contributed by atoms with van der Waals surface area (Å²) in [5.74, 6) is -6.03. The number of carbonyl (C=O) groups is 4. The third-order valence-corrected chi connectivity index (χ3v) is 9.24. The Bertz CT molecular complexity index is 1870. The minimum absolute atomic E-state index is 0.0232. The molecule has 0 spiro atoms. The monoisotopic (exact) mass is 626 g/mol. The van der Waals surface area contributed by atoms with Crippen LogP contribution in [0.1, 0.15) is 41.4 Å². The minimum atomic E-state index is -4.95. The molecule has 0 amide bonds. The van der Waals surface area contributed by atoms with Gasteiger partial charge in [0.05, 0.1) is 32.0 Å². The van der Waals surface area contributed by atoms with Crippen molar-refractivity contribution in [3.63, 3.8) is 0 Å². The largest absolute Gasteiger partial charge is 0.478 e. The molecular formula is C28H18O13S2. The van der Waals surface area contributed by atoms with Gasteiger partial charge in [-0.05, 0) is 58.7 Å². The zero-order valence-corrected chi connectivity index (χ0v) is 23.0. The summed E-state index contributed by atoms with van der Waals surface area (Å²) in [5.41, 5.74) is -1.83. The summed E-state index contributed by atoms with van der Waals surface area (Å²) in [6.45, 7) is 0. The number of rotatable bonds is 10. The summed E-state index contributed by atoms with van der Waals surface area (Å²) in [7, 11) is -9.90. The number of hydrogen-bond donors (Lipinski definition) is 4. The lowest BCUT2D eigenvalue weighted by Gasteiger charge is -2.11. The van der Waals surface area contributed by atoms with Crippen LogP contribution in [0.4, 0.5) is 0 Å². The molecule has 0 bridgehead atoms. The molecule has 0 saturated heterocycles. The van der Waals surface area contributed by atoms with Crippen LogP contribution in [0.2, 0.25) is 0 Å². The number of hydrogen-bond acceptors (Lipinski definition) is 9. The van der Waals surface area contributed by atoms with Crippen molar-refractivity contribution in [1.29, 1.82) is 0 Å². The van der Waals surface area contributed by atoms with Crippen LogP contribution in [0.25, 0.3) is 22.3 Å². The van der Waals surface area contributed by atoms with Crippen molar-refractivity contribution in [2.24, 2.45) is 0 Å². The van der Waals surface area contributed by atoms with Gasteiger partial charge in [-0.25, -0.2) is 19.2 Å². The van der Waals surface area contributed by atoms with Gasteiger partial charge in [-0.2, -0.15) is 16.8 Å². The van der Waals surface area contributed by atoms with Gasteiger partial charge >= 0.3 is 44.1 Å². The van der Waals surface area contributed by atoms with E-state index in [4.69, 9.17) is 0 Å². The maximum absolute atomic E-state index is 12.8. The highest BCUT2D eigenvalue weighted by atomic mass is 32.3. The maximum Gasteiger partial charge on any atom is 0.337 e. The van der Waals surface area contributed by atoms with Gasteiger partial charge in [0.2, 0.25) is 0 Å². The second kappa shape index (κ2) is 11.5. The summed E-state index contributed by atoms with van der Waals surface area (Å²) in [5, 5.41) is 37.7. The molecule has 0 atom stereocenters. The Morgan fingerprint density at radius 3 is 1.07 bits per heavy atom. The first-order valence-electron chi connectivity index (χ1n) is 11.7. The molecule has 0 aliphatic heterocycles. The van der Waals surface area contributed by atoms with Gasteiger partial charge in [0, 0.05) is 0 Å². The summed E-state index contributed by atoms with van der Waals surface area (Å²) < 4.78 is 55.7. The number of aromatic carboxylic acids is 4. The van der Waals surface area contributed by atoms with E-state index in [2.05, 4.69) is 3.63 Å². The van der Waals surface area contributed by atoms with Crippen LogP contribution in [0.15, 0.2) is 94.7 Å². The van der Waals surface area contributed by atoms with Crippen molar-refractivity contribution in [2.75, 3.05) is 0 Å². The van der Waals surface area contributed by atoms with Crippen LogP contribution in [0.5, 0.6) is 0 Å². The van der Waals surface area contributed by atoms with E-state index in [1.54, 1.807) is 0 Å². The Morgan fingerprint density at radius 2 is 0.791 bits per heavy atom. The number of carboxylic acids is 4. The lowest BCUT2D eigenvalue weighted by Crippen LogP contribution is -2.14. The van der Waals surface area contributed by atoms with E-state index in [9.17, 15) is 56.4 Å². The first-order chi connectivity index (χ1) is 20.1. The Kier molecular flexibility index (Phi) is 8.16. The molecule has 0 aromatic heterocycles. The Balaban J connectivity index is 1.63. The lowest BCUT2D eigenvalue weighted by molar-refractivity contribution is 0.0652. The molecule has 15 heteroatoms. The highest BCUT2D eigenvalue weighted by Crippen LogP contribution is 2.31. The highest BCUT2D eigenvalue weighted by Gasteiger charge is 2.28. The third-order valence-electron chi connectivity index (χ3n) is 6.10. The third kappa shape index (κ3) is 6.13. The van der Waals surface area contributed by atoms with Gasteiger partial charge in [0.25, 0.3) is 0 Å². The van der Waals surface area contributed by atoms with Crippen molar-refractivity contribution in [1.82, 2.24) is 0 Å². The second-order valence-electron chi connectivity index (χ2n) is 8.70. The van der Waals surface area contributed by atoms with Crippen molar-refractivity contribution in [3.8, 4) is 22.3 Å². The van der Waals surface area contributed by atoms with E-state index in [0.717, 1.165) is 60.7 Å². The summed E-state index contributed by atoms with van der Waals surface area (Å²) in [4.78, 5) is 45.2. The fourth-order valence-electron chi connectivity index (χ4n) is 4.20. The first-order valence-corrected chi connectivity index (χ1v) is 14.6. The van der Waals surface area contributed by atoms with Gasteiger partial charge in [-0.1, -0.05) is 48.5 Å². The molecule has 0 saturated carbocycles. The average molecular weight is 627 g/mol. The predicted octanol–water partition coefficient (Wildman–Crippen LogP) is 3.91. The molecule has 0 aliphatic rings. The first kappa shape index (κ1) is 30.6. The predicted molar refractivity (Wildman–Crippen MR) is 147 cm³/mol. The molecular weight excluding hydrogens is 608 g/mol. The molecule has 4 rings (SSSR count). The smallest absolute Gasteiger partial charge is 0.337 e. The molecule has 0 radical (unpaired) electrons. The van der Waals surface area contributed by atoms with Crippen LogP contribution in [0, 0.1) is 0 Å². The molecule has 0 fully saturated rings. The molecule has 0 unspecified atom stereocenters. The van der Waals surface area contributed by atoms with Crippen LogP contribution in [-0.2, 0) is 23.9 Å². The van der Waals surface area contributed by atoms with Crippen molar-refractivity contribution < 1.29 is 60.1 Å². The van der Waals surface area contributed by atoms with E-state index in [0.29, 0.717) is 0 Å². The number of benzene rings is 4. The number of carboxylic acid groups (broad SMARTS) is 4. The van der Waals surface area contributed by atoms with Crippen LogP contribution in [0.3, 0.4) is 0 Å². The Hall–Kier alpha value is -5.38. The van der Waals surface area contributed by atoms with Gasteiger partial charge < -0.3 is 20.4 Å². The van der Waals surface area contributed by atoms with Gasteiger partial charge in [0.1, 0.15) is 0 Å². The average Bonchev–Trinajstić information content (AvgIpc) is 2.95. The Morgan fingerprint density at radius 1 is 0.465 bits per heavy atom. The zero-order valence-electron chi connectivity index (χ0n) is 21.4. The molecule has 0 aliphatic carbocycles. The molecule has 0 heterocycles. The molecule has 13 nitrogen and oxygen atoms in total. The van der Waals surface area contributed by atoms with Gasteiger partial charge in [0.15, 0.2) is 0 Å². The van der Waals surface area contributed by atoms with Gasteiger partial charge in [-0.15, -0.1) is 3.63 Å². The highest BCUT2D eigenvalue weighted by molar-refractivity contribution is 7.99. The van der Waals surface area contributed by atoms with Crippen LogP contribution >= 0.6 is 0 Å². The Labute approximate surface area is 243 Å². The fourth-order valence-corrected chi connectivity index (χ4v) is 6.71. The zero-order chi connectivity index (χ0) is 31.7. The van der Waals surface area contributed by atoms with Crippen molar-refractivity contribution in [3.05, 3.63) is 107 Å². The standard InChI is InChI=1S/C28H18O13S2/c29-25(30)21-5-1-3-19(23(21)27(33)34)15-7-11-17(12-8-15)42(37,38)41-43(39,40)18-13-9-16(10-14-18)20-4-2-6-22(26(31)32)24(20)28(35)36/h1-14H,(H,29,30)(H,31,32)(H,33,34)(H,35,36). The second-order valence-corrected chi connectivity index (χ2v) is 12.0. The van der Waals surface area contributed by atoms with E-state index in [1.165, 1.54) is 24.3 Å². The normalized spacial score (nSPS) is 11.5. The van der Waals surface area contributed by atoms with Crippen LogP contribution in [-0.4, -0.2) is 61.1 Å². The van der Waals surface area contributed by atoms with E-state index < -0.39 is 76.2 Å². The SMILES string of the molecule is O=C(O)c1cccc(-c2ccc(S(=O)(=O)OS(=O)(=O)c3ccc(-c4cccc(C(=O)O)c4C(=O)O)cc3)cc2)c1C(=O)O. The lowest BCUT2D eigenvalue weighted by atomic mass is 9.95. The topological polar surface area (TPSA) is 227 Å². The van der Waals surface area contributed by atoms with E-state index in [1.807, 2.05) is 0 Å². The molecule has 4 aromatic rings. The van der Waals surface area contributed by atoms with Crippen molar-refractivity contribution in [2.45, 2.75) is 9.79 Å². The van der Waals surface area contributed by atoms with E-state index in [-0.39, 0.29) is 22.3 Å². The van der Waals surface area contributed by atoms with Crippen molar-refractivity contribution >= 4 is 44.1 Å².